The summed E-state index contributed by atoms with van der Waals surface area (Å²) in [6.45, 7) is 1.31. The smallest absolute Gasteiger partial charge is 0.274 e. The Labute approximate surface area is 172 Å². The number of H-pyrrole nitrogens is 1. The molecule has 0 aliphatic carbocycles. The zero-order valence-corrected chi connectivity index (χ0v) is 16.6. The largest absolute Gasteiger partial charge is 0.488 e. The van der Waals surface area contributed by atoms with Gasteiger partial charge in [-0.1, -0.05) is 24.3 Å². The van der Waals surface area contributed by atoms with Crippen LogP contribution >= 0.6 is 11.3 Å². The molecule has 0 atom stereocenters. The molecule has 4 heterocycles. The highest BCUT2D eigenvalue weighted by Gasteiger charge is 2.26. The summed E-state index contributed by atoms with van der Waals surface area (Å²) in [5.41, 5.74) is 2.22. The Hall–Kier alpha value is -3.19. The van der Waals surface area contributed by atoms with E-state index < -0.39 is 0 Å². The van der Waals surface area contributed by atoms with Crippen LogP contribution < -0.4 is 4.74 Å². The van der Waals surface area contributed by atoms with Gasteiger partial charge in [-0.3, -0.25) is 14.9 Å². The Morgan fingerprint density at radius 3 is 2.83 bits per heavy atom. The van der Waals surface area contributed by atoms with E-state index in [1.54, 1.807) is 17.5 Å². The first-order chi connectivity index (χ1) is 14.3. The number of carbonyl (C=O) groups excluding carboxylic acids is 1. The van der Waals surface area contributed by atoms with Crippen molar-refractivity contribution in [1.29, 1.82) is 0 Å². The van der Waals surface area contributed by atoms with Crippen molar-refractivity contribution >= 4 is 28.1 Å². The molecule has 146 valence electrons. The summed E-state index contributed by atoms with van der Waals surface area (Å²) in [5.74, 6) is 0.773. The average molecular weight is 404 g/mol. The maximum absolute atomic E-state index is 12.8. The number of piperidine rings is 1. The molecule has 4 aromatic rings. The summed E-state index contributed by atoms with van der Waals surface area (Å²) in [7, 11) is 0. The molecule has 0 spiro atoms. The maximum Gasteiger partial charge on any atom is 0.274 e. The van der Waals surface area contributed by atoms with Gasteiger partial charge in [0.05, 0.1) is 10.6 Å². The lowest BCUT2D eigenvalue weighted by molar-refractivity contribution is 0.0592. The first-order valence-electron chi connectivity index (χ1n) is 9.67. The second kappa shape index (κ2) is 7.67. The number of benzene rings is 1. The Morgan fingerprint density at radius 2 is 2.00 bits per heavy atom. The van der Waals surface area contributed by atoms with Gasteiger partial charge in [-0.05, 0) is 29.6 Å². The number of nitrogens with zero attached hydrogens (tertiary/aromatic N) is 3. The van der Waals surface area contributed by atoms with Crippen LogP contribution in [0.3, 0.4) is 0 Å². The molecule has 0 bridgehead atoms. The van der Waals surface area contributed by atoms with E-state index in [0.717, 1.165) is 40.1 Å². The average Bonchev–Trinajstić information content (AvgIpc) is 3.46. The second-order valence-corrected chi connectivity index (χ2v) is 8.03. The van der Waals surface area contributed by atoms with E-state index in [4.69, 9.17) is 4.74 Å². The number of ether oxygens (including phenoxy) is 1. The molecule has 7 heteroatoms. The Kier molecular flexibility index (Phi) is 4.73. The minimum atomic E-state index is -0.0330. The van der Waals surface area contributed by atoms with Gasteiger partial charge in [0.15, 0.2) is 5.69 Å². The van der Waals surface area contributed by atoms with Crippen LogP contribution in [0.25, 0.3) is 21.5 Å². The molecular weight excluding hydrogens is 384 g/mol. The maximum atomic E-state index is 12.8. The molecule has 1 aliphatic rings. The minimum absolute atomic E-state index is 0.0330. The fourth-order valence-electron chi connectivity index (χ4n) is 3.68. The number of aromatic nitrogens is 3. The van der Waals surface area contributed by atoms with Crippen molar-refractivity contribution in [2.75, 3.05) is 13.1 Å². The number of hydrogen-bond acceptors (Lipinski definition) is 5. The first kappa shape index (κ1) is 17.9. The van der Waals surface area contributed by atoms with E-state index in [-0.39, 0.29) is 12.0 Å². The van der Waals surface area contributed by atoms with Crippen LogP contribution in [0.15, 0.2) is 60.1 Å². The molecule has 0 unspecified atom stereocenters. The lowest BCUT2D eigenvalue weighted by Crippen LogP contribution is -2.42. The fraction of sp³-hybridized carbons (Fsp3) is 0.227. The minimum Gasteiger partial charge on any atom is -0.488 e. The molecule has 1 fully saturated rings. The van der Waals surface area contributed by atoms with Gasteiger partial charge in [0.1, 0.15) is 17.4 Å². The zero-order chi connectivity index (χ0) is 19.6. The molecule has 1 aromatic carbocycles. The van der Waals surface area contributed by atoms with Gasteiger partial charge in [0, 0.05) is 37.5 Å². The predicted molar refractivity (Wildman–Crippen MR) is 113 cm³/mol. The molecule has 0 radical (unpaired) electrons. The van der Waals surface area contributed by atoms with Crippen molar-refractivity contribution in [2.24, 2.45) is 0 Å². The van der Waals surface area contributed by atoms with Crippen LogP contribution in [0, 0.1) is 0 Å². The van der Waals surface area contributed by atoms with Gasteiger partial charge in [0.25, 0.3) is 5.91 Å². The van der Waals surface area contributed by atoms with Gasteiger partial charge in [-0.15, -0.1) is 11.3 Å². The molecule has 1 amide bonds. The second-order valence-electron chi connectivity index (χ2n) is 7.08. The topological polar surface area (TPSA) is 71.1 Å². The molecule has 6 nitrogen and oxygen atoms in total. The molecule has 1 N–H and O–H groups in total. The number of thiophene rings is 1. The summed E-state index contributed by atoms with van der Waals surface area (Å²) >= 11 is 1.62. The van der Waals surface area contributed by atoms with Crippen LogP contribution in [0.5, 0.6) is 5.75 Å². The highest BCUT2D eigenvalue weighted by Crippen LogP contribution is 2.27. The van der Waals surface area contributed by atoms with Crippen molar-refractivity contribution in [1.82, 2.24) is 20.1 Å². The molecule has 0 saturated carbocycles. The van der Waals surface area contributed by atoms with Crippen LogP contribution in [-0.2, 0) is 0 Å². The van der Waals surface area contributed by atoms with E-state index in [0.29, 0.717) is 18.8 Å². The van der Waals surface area contributed by atoms with Crippen LogP contribution in [0.4, 0.5) is 0 Å². The number of carbonyl (C=O) groups is 1. The Balaban J connectivity index is 1.23. The van der Waals surface area contributed by atoms with Gasteiger partial charge < -0.3 is 9.64 Å². The number of para-hydroxylation sites is 1. The fourth-order valence-corrected chi connectivity index (χ4v) is 4.37. The zero-order valence-electron chi connectivity index (χ0n) is 15.7. The number of nitrogens with one attached hydrogen (secondary N) is 1. The standard InChI is InChI=1S/C22H20N4O2S/c27-22(18-14-17(24-25-18)20-7-3-13-29-20)26-11-8-16(9-12-26)28-19-6-1-4-15-5-2-10-23-21(15)19/h1-7,10,13-14,16H,8-9,11-12H2,(H,24,25). The number of pyridine rings is 1. The highest BCUT2D eigenvalue weighted by molar-refractivity contribution is 7.13. The van der Waals surface area contributed by atoms with E-state index in [9.17, 15) is 4.79 Å². The third kappa shape index (κ3) is 3.61. The number of fused-ring (bicyclic) bond motifs is 1. The van der Waals surface area contributed by atoms with Crippen molar-refractivity contribution < 1.29 is 9.53 Å². The van der Waals surface area contributed by atoms with Gasteiger partial charge in [-0.25, -0.2) is 0 Å². The van der Waals surface area contributed by atoms with Crippen molar-refractivity contribution in [3.05, 3.63) is 65.8 Å². The molecule has 29 heavy (non-hydrogen) atoms. The van der Waals surface area contributed by atoms with Crippen LogP contribution in [0.1, 0.15) is 23.3 Å². The van der Waals surface area contributed by atoms with Crippen molar-refractivity contribution in [3.63, 3.8) is 0 Å². The molecule has 1 saturated heterocycles. The van der Waals surface area contributed by atoms with Crippen LogP contribution in [0.2, 0.25) is 0 Å². The summed E-state index contributed by atoms with van der Waals surface area (Å²) in [6, 6.07) is 15.8. The van der Waals surface area contributed by atoms with E-state index >= 15 is 0 Å². The molecule has 1 aliphatic heterocycles. The number of amides is 1. The van der Waals surface area contributed by atoms with E-state index in [2.05, 4.69) is 15.2 Å². The summed E-state index contributed by atoms with van der Waals surface area (Å²) in [4.78, 5) is 20.2. The first-order valence-corrected chi connectivity index (χ1v) is 10.5. The lowest BCUT2D eigenvalue weighted by atomic mass is 10.1. The highest BCUT2D eigenvalue weighted by atomic mass is 32.1. The monoisotopic (exact) mass is 404 g/mol. The quantitative estimate of drug-likeness (QED) is 0.548. The van der Waals surface area contributed by atoms with Crippen LogP contribution in [-0.4, -0.2) is 45.2 Å². The third-order valence-corrected chi connectivity index (χ3v) is 6.11. The number of aromatic amines is 1. The van der Waals surface area contributed by atoms with Crippen molar-refractivity contribution in [2.45, 2.75) is 18.9 Å². The third-order valence-electron chi connectivity index (χ3n) is 5.20. The lowest BCUT2D eigenvalue weighted by Gasteiger charge is -2.31. The Bertz CT molecular complexity index is 1130. The normalized spacial score (nSPS) is 15.0. The van der Waals surface area contributed by atoms with Gasteiger partial charge in [0.2, 0.25) is 0 Å². The van der Waals surface area contributed by atoms with Gasteiger partial charge >= 0.3 is 0 Å². The van der Waals surface area contributed by atoms with Crippen molar-refractivity contribution in [3.8, 4) is 16.3 Å². The predicted octanol–water partition coefficient (Wildman–Crippen LogP) is 4.37. The summed E-state index contributed by atoms with van der Waals surface area (Å²) in [6.07, 6.45) is 3.44. The summed E-state index contributed by atoms with van der Waals surface area (Å²) < 4.78 is 6.23. The van der Waals surface area contributed by atoms with E-state index in [1.165, 1.54) is 0 Å². The molecular formula is C22H20N4O2S. The number of hydrogen-bond donors (Lipinski definition) is 1. The molecule has 5 rings (SSSR count). The van der Waals surface area contributed by atoms with Gasteiger partial charge in [-0.2, -0.15) is 5.10 Å². The number of rotatable bonds is 4. The number of likely N-dealkylation sites (tertiary alicyclic amines) is 1. The summed E-state index contributed by atoms with van der Waals surface area (Å²) in [5, 5.41) is 10.3. The SMILES string of the molecule is O=C(c1cc(-c2cccs2)[nH]n1)N1CCC(Oc2cccc3cccnc23)CC1. The molecule has 3 aromatic heterocycles. The van der Waals surface area contributed by atoms with E-state index in [1.807, 2.05) is 58.8 Å². The Morgan fingerprint density at radius 1 is 1.14 bits per heavy atom.